The first kappa shape index (κ1) is 18.4. The van der Waals surface area contributed by atoms with Crippen molar-refractivity contribution in [3.63, 3.8) is 0 Å². The van der Waals surface area contributed by atoms with Crippen LogP contribution in [-0.4, -0.2) is 22.5 Å². The Bertz CT molecular complexity index is 1090. The fraction of sp³-hybridized carbons (Fsp3) is 0.0870. The molecule has 0 spiro atoms. The Morgan fingerprint density at radius 3 is 2.41 bits per heavy atom. The Labute approximate surface area is 168 Å². The van der Waals surface area contributed by atoms with E-state index in [0.29, 0.717) is 18.2 Å². The van der Waals surface area contributed by atoms with Crippen molar-refractivity contribution in [2.45, 2.75) is 6.61 Å². The van der Waals surface area contributed by atoms with Gasteiger partial charge in [0.15, 0.2) is 6.61 Å². The second kappa shape index (κ2) is 8.84. The summed E-state index contributed by atoms with van der Waals surface area (Å²) in [6.45, 7) is 0.348. The van der Waals surface area contributed by atoms with Crippen LogP contribution in [0.15, 0.2) is 85.2 Å². The molecule has 4 rings (SSSR count). The van der Waals surface area contributed by atoms with Gasteiger partial charge in [0.05, 0.1) is 10.9 Å². The predicted molar refractivity (Wildman–Crippen MR) is 111 cm³/mol. The number of ether oxygens (including phenoxy) is 2. The molecular weight excluding hydrogens is 366 g/mol. The van der Waals surface area contributed by atoms with Crippen molar-refractivity contribution in [3.05, 3.63) is 90.8 Å². The minimum absolute atomic E-state index is 0.146. The predicted octanol–water partition coefficient (Wildman–Crippen LogP) is 4.23. The first-order valence-electron chi connectivity index (χ1n) is 9.17. The number of para-hydroxylation sites is 1. The number of carbonyl (C=O) groups excluding carboxylic acids is 1. The molecule has 6 heteroatoms. The third-order valence-corrected chi connectivity index (χ3v) is 4.23. The summed E-state index contributed by atoms with van der Waals surface area (Å²) in [5.41, 5.74) is 2.53. The molecule has 1 aromatic heterocycles. The largest absolute Gasteiger partial charge is 0.489 e. The van der Waals surface area contributed by atoms with Gasteiger partial charge in [-0.05, 0) is 42.0 Å². The van der Waals surface area contributed by atoms with Crippen molar-refractivity contribution in [3.8, 4) is 11.6 Å². The number of carbonyl (C=O) groups is 1. The molecule has 0 fully saturated rings. The van der Waals surface area contributed by atoms with Crippen LogP contribution >= 0.6 is 0 Å². The zero-order chi connectivity index (χ0) is 19.9. The molecule has 0 aliphatic rings. The maximum Gasteiger partial charge on any atom is 0.262 e. The molecule has 0 saturated carbocycles. The smallest absolute Gasteiger partial charge is 0.262 e. The van der Waals surface area contributed by atoms with Gasteiger partial charge in [-0.1, -0.05) is 42.5 Å². The molecule has 0 aliphatic carbocycles. The molecule has 3 aromatic carbocycles. The normalized spacial score (nSPS) is 10.5. The van der Waals surface area contributed by atoms with Crippen LogP contribution in [0, 0.1) is 0 Å². The summed E-state index contributed by atoms with van der Waals surface area (Å²) < 4.78 is 11.3. The molecule has 0 radical (unpaired) electrons. The Hall–Kier alpha value is -3.93. The lowest BCUT2D eigenvalue weighted by Gasteiger charge is -2.10. The molecule has 0 saturated heterocycles. The number of aromatic nitrogens is 2. The highest BCUT2D eigenvalue weighted by Gasteiger charge is 2.08. The van der Waals surface area contributed by atoms with Crippen LogP contribution in [0.4, 0.5) is 5.69 Å². The third kappa shape index (κ3) is 4.87. The summed E-state index contributed by atoms with van der Waals surface area (Å²) >= 11 is 0. The van der Waals surface area contributed by atoms with Crippen molar-refractivity contribution < 1.29 is 14.3 Å². The van der Waals surface area contributed by atoms with Gasteiger partial charge < -0.3 is 14.8 Å². The van der Waals surface area contributed by atoms with E-state index < -0.39 is 0 Å². The quantitative estimate of drug-likeness (QED) is 0.515. The number of amides is 1. The van der Waals surface area contributed by atoms with E-state index >= 15 is 0 Å². The fourth-order valence-corrected chi connectivity index (χ4v) is 2.80. The average Bonchev–Trinajstić information content (AvgIpc) is 2.78. The Kier molecular flexibility index (Phi) is 5.62. The Balaban J connectivity index is 1.30. The number of hydrogen-bond donors (Lipinski definition) is 1. The molecular formula is C23H19N3O3. The first-order valence-corrected chi connectivity index (χ1v) is 9.17. The van der Waals surface area contributed by atoms with Gasteiger partial charge in [0.25, 0.3) is 5.91 Å². The number of rotatable bonds is 7. The minimum atomic E-state index is -0.273. The van der Waals surface area contributed by atoms with E-state index in [1.54, 1.807) is 12.1 Å². The van der Waals surface area contributed by atoms with E-state index in [9.17, 15) is 4.79 Å². The zero-order valence-electron chi connectivity index (χ0n) is 15.6. The number of fused-ring (bicyclic) bond motifs is 1. The molecule has 0 unspecified atom stereocenters. The standard InChI is InChI=1S/C23H19N3O3/c27-22(15-29-23-20-8-4-5-9-21(20)24-16-25-23)26-18-10-12-19(13-11-18)28-14-17-6-2-1-3-7-17/h1-13,16H,14-15H2,(H,26,27). The summed E-state index contributed by atoms with van der Waals surface area (Å²) in [5, 5.41) is 3.56. The van der Waals surface area contributed by atoms with Crippen molar-refractivity contribution in [2.24, 2.45) is 0 Å². The monoisotopic (exact) mass is 385 g/mol. The van der Waals surface area contributed by atoms with Gasteiger partial charge in [-0.3, -0.25) is 4.79 Å². The minimum Gasteiger partial charge on any atom is -0.489 e. The molecule has 144 valence electrons. The lowest BCUT2D eigenvalue weighted by Crippen LogP contribution is -2.20. The Morgan fingerprint density at radius 1 is 0.828 bits per heavy atom. The van der Waals surface area contributed by atoms with E-state index in [2.05, 4.69) is 15.3 Å². The molecule has 1 N–H and O–H groups in total. The number of anilines is 1. The SMILES string of the molecule is O=C(COc1ncnc2ccccc12)Nc1ccc(OCc2ccccc2)cc1. The number of hydrogen-bond acceptors (Lipinski definition) is 5. The van der Waals surface area contributed by atoms with Crippen molar-refractivity contribution >= 4 is 22.5 Å². The second-order valence-corrected chi connectivity index (χ2v) is 6.33. The van der Waals surface area contributed by atoms with E-state index in [0.717, 1.165) is 22.2 Å². The number of benzene rings is 3. The first-order chi connectivity index (χ1) is 14.3. The van der Waals surface area contributed by atoms with Crippen LogP contribution in [0.5, 0.6) is 11.6 Å². The van der Waals surface area contributed by atoms with Crippen LogP contribution in [0.25, 0.3) is 10.9 Å². The fourth-order valence-electron chi connectivity index (χ4n) is 2.80. The highest BCUT2D eigenvalue weighted by molar-refractivity contribution is 5.92. The van der Waals surface area contributed by atoms with Gasteiger partial charge in [0, 0.05) is 5.69 Å². The van der Waals surface area contributed by atoms with Gasteiger partial charge >= 0.3 is 0 Å². The molecule has 1 heterocycles. The van der Waals surface area contributed by atoms with Gasteiger partial charge in [-0.15, -0.1) is 0 Å². The zero-order valence-corrected chi connectivity index (χ0v) is 15.6. The van der Waals surface area contributed by atoms with Gasteiger partial charge in [-0.2, -0.15) is 0 Å². The van der Waals surface area contributed by atoms with Gasteiger partial charge in [-0.25, -0.2) is 9.97 Å². The van der Waals surface area contributed by atoms with Crippen LogP contribution < -0.4 is 14.8 Å². The molecule has 6 nitrogen and oxygen atoms in total. The lowest BCUT2D eigenvalue weighted by molar-refractivity contribution is -0.118. The summed E-state index contributed by atoms with van der Waals surface area (Å²) in [6.07, 6.45) is 1.42. The molecule has 4 aromatic rings. The highest BCUT2D eigenvalue weighted by Crippen LogP contribution is 2.21. The molecule has 0 aliphatic heterocycles. The van der Waals surface area contributed by atoms with E-state index in [4.69, 9.17) is 9.47 Å². The highest BCUT2D eigenvalue weighted by atomic mass is 16.5. The summed E-state index contributed by atoms with van der Waals surface area (Å²) in [5.74, 6) is 0.844. The number of nitrogens with one attached hydrogen (secondary N) is 1. The number of nitrogens with zero attached hydrogens (tertiary/aromatic N) is 2. The van der Waals surface area contributed by atoms with Crippen LogP contribution in [0.3, 0.4) is 0 Å². The van der Waals surface area contributed by atoms with Crippen molar-refractivity contribution in [1.29, 1.82) is 0 Å². The average molecular weight is 385 g/mol. The van der Waals surface area contributed by atoms with Crippen LogP contribution in [0.1, 0.15) is 5.56 Å². The van der Waals surface area contributed by atoms with Gasteiger partial charge in [0.2, 0.25) is 5.88 Å². The van der Waals surface area contributed by atoms with E-state index in [-0.39, 0.29) is 12.5 Å². The molecule has 1 amide bonds. The van der Waals surface area contributed by atoms with Gasteiger partial charge in [0.1, 0.15) is 18.7 Å². The maximum atomic E-state index is 12.2. The summed E-state index contributed by atoms with van der Waals surface area (Å²) in [7, 11) is 0. The lowest BCUT2D eigenvalue weighted by atomic mass is 10.2. The van der Waals surface area contributed by atoms with Crippen LogP contribution in [-0.2, 0) is 11.4 Å². The third-order valence-electron chi connectivity index (χ3n) is 4.23. The summed E-state index contributed by atoms with van der Waals surface area (Å²) in [4.78, 5) is 20.5. The van der Waals surface area contributed by atoms with Crippen molar-refractivity contribution in [2.75, 3.05) is 11.9 Å². The van der Waals surface area contributed by atoms with E-state index in [1.165, 1.54) is 6.33 Å². The van der Waals surface area contributed by atoms with Crippen LogP contribution in [0.2, 0.25) is 0 Å². The van der Waals surface area contributed by atoms with E-state index in [1.807, 2.05) is 66.7 Å². The molecule has 0 atom stereocenters. The second-order valence-electron chi connectivity index (χ2n) is 6.33. The molecule has 29 heavy (non-hydrogen) atoms. The Morgan fingerprint density at radius 2 is 1.59 bits per heavy atom. The summed E-state index contributed by atoms with van der Waals surface area (Å²) in [6, 6.07) is 24.6. The maximum absolute atomic E-state index is 12.2. The molecule has 0 bridgehead atoms. The van der Waals surface area contributed by atoms with Crippen molar-refractivity contribution in [1.82, 2.24) is 9.97 Å². The topological polar surface area (TPSA) is 73.3 Å².